The largest absolute Gasteiger partial charge is 0.326 e. The molecule has 1 saturated heterocycles. The molecule has 4 nitrogen and oxygen atoms in total. The fourth-order valence-corrected chi connectivity index (χ4v) is 3.07. The lowest BCUT2D eigenvalue weighted by atomic mass is 9.89. The first kappa shape index (κ1) is 11.9. The molecule has 5 heteroatoms. The summed E-state index contributed by atoms with van der Waals surface area (Å²) < 4.78 is 25.2. The first-order chi connectivity index (χ1) is 6.18. The highest BCUT2D eigenvalue weighted by Gasteiger charge is 2.42. The molecule has 0 saturated carbocycles. The summed E-state index contributed by atoms with van der Waals surface area (Å²) in [6.07, 6.45) is 0. The molecule has 1 unspecified atom stereocenters. The maximum absolute atomic E-state index is 11.8. The molecular formula is C9H20N2O2S. The SMILES string of the molecule is CC(C)S(=O)(=O)N1CC(N)C(C)(C)C1. The van der Waals surface area contributed by atoms with Crippen LogP contribution in [0.5, 0.6) is 0 Å². The van der Waals surface area contributed by atoms with Crippen LogP contribution in [0.15, 0.2) is 0 Å². The summed E-state index contributed by atoms with van der Waals surface area (Å²) in [5.41, 5.74) is 5.78. The molecule has 84 valence electrons. The average Bonchev–Trinajstić information content (AvgIpc) is 2.27. The highest BCUT2D eigenvalue weighted by molar-refractivity contribution is 7.89. The van der Waals surface area contributed by atoms with E-state index in [9.17, 15) is 8.42 Å². The zero-order valence-electron chi connectivity index (χ0n) is 9.32. The van der Waals surface area contributed by atoms with Gasteiger partial charge in [-0.3, -0.25) is 0 Å². The highest BCUT2D eigenvalue weighted by Crippen LogP contribution is 2.30. The second kappa shape index (κ2) is 3.47. The number of nitrogens with two attached hydrogens (primary N) is 1. The van der Waals surface area contributed by atoms with Gasteiger partial charge < -0.3 is 5.73 Å². The molecule has 0 amide bonds. The van der Waals surface area contributed by atoms with Crippen LogP contribution >= 0.6 is 0 Å². The lowest BCUT2D eigenvalue weighted by Gasteiger charge is -2.22. The van der Waals surface area contributed by atoms with E-state index in [-0.39, 0.29) is 16.7 Å². The molecule has 1 fully saturated rings. The van der Waals surface area contributed by atoms with Crippen LogP contribution in [0.2, 0.25) is 0 Å². The van der Waals surface area contributed by atoms with Gasteiger partial charge in [-0.15, -0.1) is 0 Å². The molecule has 0 aromatic carbocycles. The van der Waals surface area contributed by atoms with E-state index >= 15 is 0 Å². The van der Waals surface area contributed by atoms with Gasteiger partial charge in [-0.2, -0.15) is 4.31 Å². The van der Waals surface area contributed by atoms with E-state index in [0.717, 1.165) is 0 Å². The Hall–Kier alpha value is -0.130. The molecule has 1 aliphatic rings. The van der Waals surface area contributed by atoms with Crippen LogP contribution in [0.3, 0.4) is 0 Å². The molecule has 0 aromatic heterocycles. The fourth-order valence-electron chi connectivity index (χ4n) is 1.59. The van der Waals surface area contributed by atoms with E-state index < -0.39 is 10.0 Å². The van der Waals surface area contributed by atoms with Crippen molar-refractivity contribution in [3.05, 3.63) is 0 Å². The molecule has 1 rings (SSSR count). The minimum atomic E-state index is -3.13. The lowest BCUT2D eigenvalue weighted by Crippen LogP contribution is -2.36. The first-order valence-electron chi connectivity index (χ1n) is 4.92. The first-order valence-corrected chi connectivity index (χ1v) is 6.43. The molecule has 0 spiro atoms. The Morgan fingerprint density at radius 2 is 1.93 bits per heavy atom. The van der Waals surface area contributed by atoms with Gasteiger partial charge in [0.05, 0.1) is 5.25 Å². The van der Waals surface area contributed by atoms with Crippen molar-refractivity contribution in [2.24, 2.45) is 11.1 Å². The van der Waals surface area contributed by atoms with Gasteiger partial charge in [-0.05, 0) is 19.3 Å². The Labute approximate surface area is 86.5 Å². The third-order valence-corrected chi connectivity index (χ3v) is 5.13. The predicted molar refractivity (Wildman–Crippen MR) is 57.4 cm³/mol. The summed E-state index contributed by atoms with van der Waals surface area (Å²) in [4.78, 5) is 0. The Morgan fingerprint density at radius 3 is 2.21 bits per heavy atom. The predicted octanol–water partition coefficient (Wildman–Crippen LogP) is 0.394. The molecule has 1 atom stereocenters. The van der Waals surface area contributed by atoms with Gasteiger partial charge in [0, 0.05) is 19.1 Å². The van der Waals surface area contributed by atoms with E-state index in [1.807, 2.05) is 13.8 Å². The van der Waals surface area contributed by atoms with E-state index in [1.54, 1.807) is 13.8 Å². The van der Waals surface area contributed by atoms with Gasteiger partial charge in [0.1, 0.15) is 0 Å². The summed E-state index contributed by atoms with van der Waals surface area (Å²) in [6.45, 7) is 8.40. The van der Waals surface area contributed by atoms with Crippen molar-refractivity contribution in [2.75, 3.05) is 13.1 Å². The van der Waals surface area contributed by atoms with Gasteiger partial charge >= 0.3 is 0 Å². The third kappa shape index (κ3) is 1.94. The zero-order valence-corrected chi connectivity index (χ0v) is 10.1. The van der Waals surface area contributed by atoms with E-state index in [4.69, 9.17) is 5.73 Å². The molecule has 0 aliphatic carbocycles. The zero-order chi connectivity index (χ0) is 11.1. The van der Waals surface area contributed by atoms with E-state index in [2.05, 4.69) is 0 Å². The average molecular weight is 220 g/mol. The third-order valence-electron chi connectivity index (χ3n) is 2.94. The topological polar surface area (TPSA) is 63.4 Å². The summed E-state index contributed by atoms with van der Waals surface area (Å²) in [5.74, 6) is 0. The standard InChI is InChI=1S/C9H20N2O2S/c1-7(2)14(12,13)11-5-8(10)9(3,4)6-11/h7-8H,5-6,10H2,1-4H3. The van der Waals surface area contributed by atoms with Crippen molar-refractivity contribution >= 4 is 10.0 Å². The summed E-state index contributed by atoms with van der Waals surface area (Å²) >= 11 is 0. The van der Waals surface area contributed by atoms with E-state index in [1.165, 1.54) is 4.31 Å². The molecule has 0 bridgehead atoms. The van der Waals surface area contributed by atoms with Crippen molar-refractivity contribution < 1.29 is 8.42 Å². The van der Waals surface area contributed by atoms with Gasteiger partial charge in [-0.25, -0.2) is 8.42 Å². The normalized spacial score (nSPS) is 28.6. The fraction of sp³-hybridized carbons (Fsp3) is 1.00. The van der Waals surface area contributed by atoms with Gasteiger partial charge in [0.2, 0.25) is 10.0 Å². The van der Waals surface area contributed by atoms with Crippen LogP contribution in [-0.2, 0) is 10.0 Å². The number of hydrogen-bond acceptors (Lipinski definition) is 3. The molecule has 1 heterocycles. The van der Waals surface area contributed by atoms with Crippen LogP contribution in [-0.4, -0.2) is 37.1 Å². The van der Waals surface area contributed by atoms with Crippen LogP contribution in [0, 0.1) is 5.41 Å². The highest BCUT2D eigenvalue weighted by atomic mass is 32.2. The van der Waals surface area contributed by atoms with Crippen molar-refractivity contribution in [2.45, 2.75) is 39.0 Å². The second-order valence-electron chi connectivity index (χ2n) is 4.98. The number of hydrogen-bond donors (Lipinski definition) is 1. The van der Waals surface area contributed by atoms with Crippen LogP contribution in [0.25, 0.3) is 0 Å². The van der Waals surface area contributed by atoms with Crippen LogP contribution in [0.1, 0.15) is 27.7 Å². The molecule has 2 N–H and O–H groups in total. The molecule has 0 radical (unpaired) electrons. The smallest absolute Gasteiger partial charge is 0.216 e. The maximum atomic E-state index is 11.8. The Morgan fingerprint density at radius 1 is 1.43 bits per heavy atom. The monoisotopic (exact) mass is 220 g/mol. The molecule has 1 aliphatic heterocycles. The Kier molecular flexibility index (Phi) is 2.96. The molecule has 0 aromatic rings. The lowest BCUT2D eigenvalue weighted by molar-refractivity contribution is 0.346. The number of sulfonamides is 1. The number of nitrogens with zero attached hydrogens (tertiary/aromatic N) is 1. The van der Waals surface area contributed by atoms with Crippen LogP contribution in [0.4, 0.5) is 0 Å². The minimum Gasteiger partial charge on any atom is -0.326 e. The summed E-state index contributed by atoms with van der Waals surface area (Å²) in [7, 11) is -3.13. The molecule has 14 heavy (non-hydrogen) atoms. The Bertz CT molecular complexity index is 309. The second-order valence-corrected chi connectivity index (χ2v) is 7.47. The van der Waals surface area contributed by atoms with Crippen molar-refractivity contribution in [3.63, 3.8) is 0 Å². The van der Waals surface area contributed by atoms with E-state index in [0.29, 0.717) is 13.1 Å². The summed E-state index contributed by atoms with van der Waals surface area (Å²) in [5, 5.41) is -0.358. The Balaban J connectivity index is 2.87. The quantitative estimate of drug-likeness (QED) is 0.732. The van der Waals surface area contributed by atoms with Crippen molar-refractivity contribution in [1.82, 2.24) is 4.31 Å². The maximum Gasteiger partial charge on any atom is 0.216 e. The molecular weight excluding hydrogens is 200 g/mol. The van der Waals surface area contributed by atoms with Crippen molar-refractivity contribution in [3.8, 4) is 0 Å². The minimum absolute atomic E-state index is 0.0592. The van der Waals surface area contributed by atoms with Gasteiger partial charge in [-0.1, -0.05) is 13.8 Å². The van der Waals surface area contributed by atoms with Gasteiger partial charge in [0.25, 0.3) is 0 Å². The number of rotatable bonds is 2. The van der Waals surface area contributed by atoms with Gasteiger partial charge in [0.15, 0.2) is 0 Å². The van der Waals surface area contributed by atoms with Crippen LogP contribution < -0.4 is 5.73 Å². The summed E-state index contributed by atoms with van der Waals surface area (Å²) in [6, 6.07) is -0.0592. The van der Waals surface area contributed by atoms with Crippen molar-refractivity contribution in [1.29, 1.82) is 0 Å².